The van der Waals surface area contributed by atoms with Crippen molar-refractivity contribution in [3.05, 3.63) is 54.0 Å². The Bertz CT molecular complexity index is 1110. The van der Waals surface area contributed by atoms with Crippen LogP contribution in [-0.4, -0.2) is 59.4 Å². The van der Waals surface area contributed by atoms with Gasteiger partial charge in [-0.3, -0.25) is 19.2 Å². The third-order valence-corrected chi connectivity index (χ3v) is 7.36. The first-order valence-electron chi connectivity index (χ1n) is 13.1. The second-order valence-corrected chi connectivity index (χ2v) is 10.2. The molecule has 0 unspecified atom stereocenters. The first-order valence-corrected chi connectivity index (χ1v) is 13.1. The lowest BCUT2D eigenvalue weighted by molar-refractivity contribution is -0.183. The molecule has 1 aliphatic carbocycles. The average Bonchev–Trinajstić information content (AvgIpc) is 3.58. The summed E-state index contributed by atoms with van der Waals surface area (Å²) in [7, 11) is 1.59. The second-order valence-electron chi connectivity index (χ2n) is 10.2. The van der Waals surface area contributed by atoms with Crippen molar-refractivity contribution in [2.45, 2.75) is 58.1 Å². The number of pyridine rings is 1. The fourth-order valence-corrected chi connectivity index (χ4v) is 4.92. The standard InChI is InChI=1S/C28H35FN4O5/c1-3-4-5-21(16-32(19-34)38-17-20-6-9-23(37-2)10-7-20)27(36)33-18-28(12-13-28)14-24(33)26(35)31-25-11-8-22(29)15-30-25/h6-11,15,19,21,24H,3-5,12-14,16-18H2,1-2H3,(H,30,31,35)/t21-,24+/m1/s1. The molecule has 9 nitrogen and oxygen atoms in total. The van der Waals surface area contributed by atoms with E-state index in [0.29, 0.717) is 25.8 Å². The predicted molar refractivity (Wildman–Crippen MR) is 138 cm³/mol. The number of rotatable bonds is 13. The Morgan fingerprint density at radius 1 is 1.26 bits per heavy atom. The van der Waals surface area contributed by atoms with Crippen LogP contribution in [0.1, 0.15) is 51.0 Å². The molecule has 3 amide bonds. The van der Waals surface area contributed by atoms with Crippen LogP contribution in [0.5, 0.6) is 5.75 Å². The number of carbonyl (C=O) groups is 3. The van der Waals surface area contributed by atoms with Gasteiger partial charge in [-0.25, -0.2) is 14.4 Å². The number of likely N-dealkylation sites (tertiary alicyclic amines) is 1. The van der Waals surface area contributed by atoms with E-state index >= 15 is 0 Å². The number of halogens is 1. The summed E-state index contributed by atoms with van der Waals surface area (Å²) in [5.41, 5.74) is 0.828. The maximum atomic E-state index is 13.8. The van der Waals surface area contributed by atoms with Gasteiger partial charge < -0.3 is 15.0 Å². The van der Waals surface area contributed by atoms with Crippen LogP contribution in [0, 0.1) is 17.2 Å². The van der Waals surface area contributed by atoms with Gasteiger partial charge in [0.05, 0.1) is 25.8 Å². The van der Waals surface area contributed by atoms with Crippen LogP contribution >= 0.6 is 0 Å². The number of hydroxylamine groups is 2. The monoisotopic (exact) mass is 526 g/mol. The molecule has 2 aliphatic rings. The van der Waals surface area contributed by atoms with Crippen LogP contribution in [-0.2, 0) is 25.8 Å². The Hall–Kier alpha value is -3.53. The first kappa shape index (κ1) is 27.5. The van der Waals surface area contributed by atoms with Gasteiger partial charge in [0.25, 0.3) is 0 Å². The first-order chi connectivity index (χ1) is 18.4. The highest BCUT2D eigenvalue weighted by Crippen LogP contribution is 2.55. The van der Waals surface area contributed by atoms with E-state index in [4.69, 9.17) is 9.57 Å². The normalized spacial score (nSPS) is 18.2. The predicted octanol–water partition coefficient (Wildman–Crippen LogP) is 3.95. The molecule has 2 atom stereocenters. The van der Waals surface area contributed by atoms with Crippen molar-refractivity contribution >= 4 is 24.0 Å². The van der Waals surface area contributed by atoms with Crippen molar-refractivity contribution in [3.63, 3.8) is 0 Å². The van der Waals surface area contributed by atoms with Crippen molar-refractivity contribution in [1.29, 1.82) is 0 Å². The fraction of sp³-hybridized carbons (Fsp3) is 0.500. The van der Waals surface area contributed by atoms with Crippen LogP contribution in [0.4, 0.5) is 10.2 Å². The SMILES string of the molecule is CCCC[C@H](CN(C=O)OCc1ccc(OC)cc1)C(=O)N1CC2(CC2)C[C@H]1C(=O)Nc1ccc(F)cn1. The molecule has 10 heteroatoms. The molecule has 1 N–H and O–H groups in total. The van der Waals surface area contributed by atoms with Gasteiger partial charge in [0.2, 0.25) is 18.2 Å². The molecule has 2 fully saturated rings. The number of methoxy groups -OCH3 is 1. The average molecular weight is 527 g/mol. The van der Waals surface area contributed by atoms with Gasteiger partial charge >= 0.3 is 0 Å². The van der Waals surface area contributed by atoms with Crippen LogP contribution in [0.3, 0.4) is 0 Å². The topological polar surface area (TPSA) is 101 Å². The lowest BCUT2D eigenvalue weighted by Crippen LogP contribution is -2.48. The summed E-state index contributed by atoms with van der Waals surface area (Å²) in [4.78, 5) is 50.2. The molecule has 4 rings (SSSR count). The van der Waals surface area contributed by atoms with Gasteiger partial charge in [0.1, 0.15) is 30.0 Å². The van der Waals surface area contributed by atoms with E-state index in [-0.39, 0.29) is 36.2 Å². The third kappa shape index (κ3) is 6.86. The highest BCUT2D eigenvalue weighted by Gasteiger charge is 2.55. The fourth-order valence-electron chi connectivity index (χ4n) is 4.92. The zero-order valence-corrected chi connectivity index (χ0v) is 21.9. The highest BCUT2D eigenvalue weighted by atomic mass is 19.1. The van der Waals surface area contributed by atoms with E-state index < -0.39 is 17.8 Å². The van der Waals surface area contributed by atoms with E-state index in [1.165, 1.54) is 17.2 Å². The van der Waals surface area contributed by atoms with E-state index in [1.807, 2.05) is 31.2 Å². The molecule has 1 spiro atoms. The second kappa shape index (κ2) is 12.3. The smallest absolute Gasteiger partial charge is 0.248 e. The largest absolute Gasteiger partial charge is 0.497 e. The minimum Gasteiger partial charge on any atom is -0.497 e. The van der Waals surface area contributed by atoms with Gasteiger partial charge in [0, 0.05) is 6.54 Å². The number of carbonyl (C=O) groups excluding carboxylic acids is 3. The molecule has 1 aromatic heterocycles. The molecule has 2 aromatic rings. The summed E-state index contributed by atoms with van der Waals surface area (Å²) in [6.07, 6.45) is 6.42. The van der Waals surface area contributed by atoms with Crippen LogP contribution in [0.2, 0.25) is 0 Å². The number of anilines is 1. The number of hydrogen-bond acceptors (Lipinski definition) is 6. The number of benzene rings is 1. The van der Waals surface area contributed by atoms with Gasteiger partial charge in [0.15, 0.2) is 0 Å². The van der Waals surface area contributed by atoms with E-state index in [0.717, 1.165) is 43.2 Å². The Labute approximate surface area is 222 Å². The van der Waals surface area contributed by atoms with Crippen molar-refractivity contribution in [2.75, 3.05) is 25.5 Å². The van der Waals surface area contributed by atoms with E-state index in [9.17, 15) is 18.8 Å². The number of unbranched alkanes of at least 4 members (excludes halogenated alkanes) is 1. The maximum Gasteiger partial charge on any atom is 0.248 e. The quantitative estimate of drug-likeness (QED) is 0.313. The molecule has 204 valence electrons. The highest BCUT2D eigenvalue weighted by molar-refractivity contribution is 5.97. The summed E-state index contributed by atoms with van der Waals surface area (Å²) < 4.78 is 18.4. The van der Waals surface area contributed by atoms with Gasteiger partial charge in [-0.1, -0.05) is 31.9 Å². The minimum atomic E-state index is -0.647. The lowest BCUT2D eigenvalue weighted by Gasteiger charge is -2.30. The molecule has 0 bridgehead atoms. The number of ether oxygens (including phenoxy) is 1. The third-order valence-electron chi connectivity index (χ3n) is 7.36. The van der Waals surface area contributed by atoms with E-state index in [1.54, 1.807) is 12.0 Å². The Morgan fingerprint density at radius 3 is 2.63 bits per heavy atom. The summed E-state index contributed by atoms with van der Waals surface area (Å²) in [5.74, 6) is -0.538. The van der Waals surface area contributed by atoms with Crippen LogP contribution < -0.4 is 10.1 Å². The Balaban J connectivity index is 1.44. The molecule has 1 aromatic carbocycles. The van der Waals surface area contributed by atoms with Crippen molar-refractivity contribution in [3.8, 4) is 5.75 Å². The lowest BCUT2D eigenvalue weighted by atomic mass is 9.99. The minimum absolute atomic E-state index is 0.0294. The molecular formula is C28H35FN4O5. The number of amides is 3. The Morgan fingerprint density at radius 2 is 2.03 bits per heavy atom. The molecule has 38 heavy (non-hydrogen) atoms. The Kier molecular flexibility index (Phi) is 8.93. The molecule has 1 aliphatic heterocycles. The van der Waals surface area contributed by atoms with Crippen LogP contribution in [0.15, 0.2) is 42.6 Å². The van der Waals surface area contributed by atoms with E-state index in [2.05, 4.69) is 10.3 Å². The number of nitrogens with zero attached hydrogens (tertiary/aromatic N) is 3. The molecule has 2 heterocycles. The van der Waals surface area contributed by atoms with Gasteiger partial charge in [-0.05, 0) is 60.9 Å². The zero-order chi connectivity index (χ0) is 27.1. The summed E-state index contributed by atoms with van der Waals surface area (Å²) in [5, 5.41) is 3.90. The summed E-state index contributed by atoms with van der Waals surface area (Å²) >= 11 is 0. The summed E-state index contributed by atoms with van der Waals surface area (Å²) in [6.45, 7) is 2.81. The van der Waals surface area contributed by atoms with Crippen molar-refractivity contribution < 1.29 is 28.3 Å². The molecule has 1 saturated heterocycles. The van der Waals surface area contributed by atoms with Crippen molar-refractivity contribution in [1.82, 2.24) is 14.9 Å². The zero-order valence-electron chi connectivity index (χ0n) is 21.9. The molecular weight excluding hydrogens is 491 g/mol. The summed E-state index contributed by atoms with van der Waals surface area (Å²) in [6, 6.07) is 9.29. The number of nitrogens with one attached hydrogen (secondary N) is 1. The van der Waals surface area contributed by atoms with Gasteiger partial charge in [-0.2, -0.15) is 0 Å². The van der Waals surface area contributed by atoms with Crippen LogP contribution in [0.25, 0.3) is 0 Å². The van der Waals surface area contributed by atoms with Gasteiger partial charge in [-0.15, -0.1) is 0 Å². The molecule has 1 saturated carbocycles. The molecule has 0 radical (unpaired) electrons. The maximum absolute atomic E-state index is 13.8. The number of hydrogen-bond donors (Lipinski definition) is 1. The number of aromatic nitrogens is 1. The van der Waals surface area contributed by atoms with Crippen molar-refractivity contribution in [2.24, 2.45) is 11.3 Å².